The molecule has 0 atom stereocenters. The number of aryl methyl sites for hydroxylation is 1. The summed E-state index contributed by atoms with van der Waals surface area (Å²) in [4.78, 5) is 28.5. The minimum atomic E-state index is -4.64. The number of halogens is 6. The maximum absolute atomic E-state index is 13.4. The van der Waals surface area contributed by atoms with Gasteiger partial charge in [-0.05, 0) is 48.9 Å². The van der Waals surface area contributed by atoms with E-state index in [0.717, 1.165) is 18.2 Å². The number of nitrogen functional groups attached to an aromatic ring is 1. The lowest BCUT2D eigenvalue weighted by Crippen LogP contribution is -2.20. The largest absolute Gasteiger partial charge is 0.424 e. The lowest BCUT2D eigenvalue weighted by Gasteiger charge is -2.15. The zero-order chi connectivity index (χ0) is 32.4. The topological polar surface area (TPSA) is 128 Å². The molecule has 15 heteroatoms. The van der Waals surface area contributed by atoms with Crippen molar-refractivity contribution < 1.29 is 35.9 Å². The number of carbonyl (C=O) groups is 1. The molecule has 0 aliphatic carbocycles. The molecule has 2 aromatic carbocycles. The van der Waals surface area contributed by atoms with Gasteiger partial charge in [-0.2, -0.15) is 26.3 Å². The number of nitrogens with zero attached hydrogens (tertiary/aromatic N) is 4. The summed E-state index contributed by atoms with van der Waals surface area (Å²) in [5.41, 5.74) is 5.87. The first-order valence-electron chi connectivity index (χ1n) is 12.9. The Bertz CT molecular complexity index is 1830. The van der Waals surface area contributed by atoms with E-state index in [1.807, 2.05) is 0 Å². The zero-order valence-electron chi connectivity index (χ0n) is 23.0. The van der Waals surface area contributed by atoms with Crippen molar-refractivity contribution in [2.45, 2.75) is 19.3 Å². The molecule has 0 aliphatic rings. The van der Waals surface area contributed by atoms with Crippen molar-refractivity contribution in [1.29, 1.82) is 0 Å². The number of aromatic nitrogens is 4. The number of hydrogen-bond donors (Lipinski definition) is 3. The van der Waals surface area contributed by atoms with E-state index in [-0.39, 0.29) is 34.5 Å². The molecule has 3 heterocycles. The van der Waals surface area contributed by atoms with Crippen molar-refractivity contribution in [1.82, 2.24) is 19.9 Å². The number of hydrogen-bond acceptors (Lipinski definition) is 7. The second-order valence-electron chi connectivity index (χ2n) is 9.56. The number of rotatable bonds is 6. The molecule has 5 rings (SSSR count). The van der Waals surface area contributed by atoms with E-state index in [1.165, 1.54) is 48.9 Å². The number of urea groups is 1. The summed E-state index contributed by atoms with van der Waals surface area (Å²) in [5, 5.41) is 4.88. The Morgan fingerprint density at radius 1 is 0.711 bits per heavy atom. The van der Waals surface area contributed by atoms with Gasteiger partial charge in [0, 0.05) is 34.8 Å². The summed E-state index contributed by atoms with van der Waals surface area (Å²) in [6.07, 6.45) is -4.66. The Labute approximate surface area is 251 Å². The second-order valence-corrected chi connectivity index (χ2v) is 9.56. The van der Waals surface area contributed by atoms with Crippen LogP contribution in [-0.4, -0.2) is 26.0 Å². The summed E-state index contributed by atoms with van der Waals surface area (Å²) in [7, 11) is 0. The summed E-state index contributed by atoms with van der Waals surface area (Å²) >= 11 is 0. The van der Waals surface area contributed by atoms with Crippen molar-refractivity contribution in [3.63, 3.8) is 0 Å². The fourth-order valence-corrected chi connectivity index (χ4v) is 4.09. The van der Waals surface area contributed by atoms with Gasteiger partial charge in [0.1, 0.15) is 11.6 Å². The summed E-state index contributed by atoms with van der Waals surface area (Å²) in [5.74, 6) is 0.168. The molecule has 0 radical (unpaired) electrons. The van der Waals surface area contributed by atoms with Gasteiger partial charge in [0.2, 0.25) is 0 Å². The highest BCUT2D eigenvalue weighted by Crippen LogP contribution is 2.37. The molecular weight excluding hydrogens is 604 g/mol. The minimum Gasteiger partial charge on any atom is -0.424 e. The number of ether oxygens (including phenoxy) is 1. The van der Waals surface area contributed by atoms with Crippen LogP contribution in [0.5, 0.6) is 11.8 Å². The average Bonchev–Trinajstić information content (AvgIpc) is 2.98. The van der Waals surface area contributed by atoms with Gasteiger partial charge < -0.3 is 21.1 Å². The predicted molar refractivity (Wildman–Crippen MR) is 153 cm³/mol. The highest BCUT2D eigenvalue weighted by molar-refractivity contribution is 6.02. The van der Waals surface area contributed by atoms with Crippen LogP contribution in [-0.2, 0) is 12.4 Å². The van der Waals surface area contributed by atoms with Crippen LogP contribution >= 0.6 is 0 Å². The number of amides is 2. The lowest BCUT2D eigenvalue weighted by molar-refractivity contribution is -0.138. The highest BCUT2D eigenvalue weighted by atomic mass is 19.4. The summed E-state index contributed by atoms with van der Waals surface area (Å²) < 4.78 is 85.0. The molecule has 9 nitrogen and oxygen atoms in total. The number of alkyl halides is 6. The SMILES string of the molecule is Cc1ccc(-c2ccc(C(F)(F)F)cc2NC(=O)Nc2cnc(Oc3ccc(-c4cc(C(F)(F)F)cnc4N)cc3)nc2)cn1. The third kappa shape index (κ3) is 7.44. The molecule has 0 saturated heterocycles. The van der Waals surface area contributed by atoms with Crippen LogP contribution in [0, 0.1) is 6.92 Å². The minimum absolute atomic E-state index is 0.0800. The standard InChI is InChI=1S/C30H21F6N7O2/c1-16-2-3-18(12-38-16)23-9-6-19(29(31,32)33)11-25(23)43-27(44)42-21-14-40-28(41-15-21)45-22-7-4-17(5-8-22)24-10-20(30(34,35)36)13-39-26(24)37/h2-15H,1H3,(H2,37,39)(H2,42,43,44). The Morgan fingerprint density at radius 2 is 1.38 bits per heavy atom. The highest BCUT2D eigenvalue weighted by Gasteiger charge is 2.32. The number of anilines is 3. The van der Waals surface area contributed by atoms with E-state index >= 15 is 0 Å². The Morgan fingerprint density at radius 3 is 2.00 bits per heavy atom. The molecule has 0 saturated carbocycles. The van der Waals surface area contributed by atoms with Gasteiger partial charge in [0.25, 0.3) is 0 Å². The average molecular weight is 626 g/mol. The first-order chi connectivity index (χ1) is 21.3. The van der Waals surface area contributed by atoms with E-state index in [4.69, 9.17) is 10.5 Å². The molecule has 0 unspecified atom stereocenters. The molecule has 0 spiro atoms. The maximum Gasteiger partial charge on any atom is 0.417 e. The number of pyridine rings is 2. The van der Waals surface area contributed by atoms with Crippen LogP contribution in [0.15, 0.2) is 85.5 Å². The van der Waals surface area contributed by atoms with Gasteiger partial charge in [-0.15, -0.1) is 0 Å². The number of nitrogens with one attached hydrogen (secondary N) is 2. The molecule has 5 aromatic rings. The van der Waals surface area contributed by atoms with Crippen LogP contribution in [0.2, 0.25) is 0 Å². The normalized spacial score (nSPS) is 11.6. The molecule has 0 aliphatic heterocycles. The fourth-order valence-electron chi connectivity index (χ4n) is 4.09. The van der Waals surface area contributed by atoms with Gasteiger partial charge in [-0.3, -0.25) is 4.98 Å². The quantitative estimate of drug-likeness (QED) is 0.163. The van der Waals surface area contributed by atoms with Gasteiger partial charge in [-0.1, -0.05) is 24.3 Å². The molecule has 2 amide bonds. The molecule has 230 valence electrons. The van der Waals surface area contributed by atoms with Crippen molar-refractivity contribution in [3.05, 3.63) is 102 Å². The van der Waals surface area contributed by atoms with Crippen LogP contribution in [0.1, 0.15) is 16.8 Å². The van der Waals surface area contributed by atoms with Gasteiger partial charge in [0.05, 0.1) is 34.9 Å². The van der Waals surface area contributed by atoms with E-state index in [1.54, 1.807) is 19.1 Å². The van der Waals surface area contributed by atoms with Gasteiger partial charge in [0.15, 0.2) is 0 Å². The Kier molecular flexibility index (Phi) is 8.26. The number of nitrogens with two attached hydrogens (primary N) is 1. The maximum atomic E-state index is 13.4. The molecule has 0 fully saturated rings. The molecule has 45 heavy (non-hydrogen) atoms. The Hall–Kier alpha value is -5.73. The smallest absolute Gasteiger partial charge is 0.417 e. The van der Waals surface area contributed by atoms with Crippen molar-refractivity contribution in [2.24, 2.45) is 0 Å². The van der Waals surface area contributed by atoms with E-state index < -0.39 is 29.5 Å². The van der Waals surface area contributed by atoms with Crippen LogP contribution in [0.4, 0.5) is 48.3 Å². The second kappa shape index (κ2) is 12.1. The number of benzene rings is 2. The first-order valence-corrected chi connectivity index (χ1v) is 12.9. The van der Waals surface area contributed by atoms with Crippen LogP contribution < -0.4 is 21.1 Å². The van der Waals surface area contributed by atoms with Crippen LogP contribution in [0.25, 0.3) is 22.3 Å². The molecule has 4 N–H and O–H groups in total. The predicted octanol–water partition coefficient (Wildman–Crippen LogP) is 7.97. The van der Waals surface area contributed by atoms with Crippen LogP contribution in [0.3, 0.4) is 0 Å². The lowest BCUT2D eigenvalue weighted by atomic mass is 10.0. The van der Waals surface area contributed by atoms with E-state index in [0.29, 0.717) is 28.6 Å². The third-order valence-electron chi connectivity index (χ3n) is 6.32. The van der Waals surface area contributed by atoms with Crippen molar-refractivity contribution >= 4 is 23.2 Å². The van der Waals surface area contributed by atoms with Gasteiger partial charge in [-0.25, -0.2) is 19.7 Å². The van der Waals surface area contributed by atoms with Crippen molar-refractivity contribution in [3.8, 4) is 34.0 Å². The van der Waals surface area contributed by atoms with Gasteiger partial charge >= 0.3 is 24.4 Å². The summed E-state index contributed by atoms with van der Waals surface area (Å²) in [6.45, 7) is 1.76. The number of carbonyl (C=O) groups excluding carboxylic acids is 1. The first kappa shape index (κ1) is 30.7. The zero-order valence-corrected chi connectivity index (χ0v) is 23.0. The Balaban J connectivity index is 1.26. The molecule has 3 aromatic heterocycles. The van der Waals surface area contributed by atoms with E-state index in [9.17, 15) is 31.1 Å². The monoisotopic (exact) mass is 625 g/mol. The summed E-state index contributed by atoms with van der Waals surface area (Å²) in [6, 6.07) is 12.2. The third-order valence-corrected chi connectivity index (χ3v) is 6.32. The van der Waals surface area contributed by atoms with E-state index in [2.05, 4.69) is 30.6 Å². The van der Waals surface area contributed by atoms with Crippen molar-refractivity contribution in [2.75, 3.05) is 16.4 Å². The molecule has 0 bridgehead atoms. The molecular formula is C30H21F6N7O2. The fraction of sp³-hybridized carbons (Fsp3) is 0.100.